The van der Waals surface area contributed by atoms with Gasteiger partial charge in [0.2, 0.25) is 0 Å². The summed E-state index contributed by atoms with van der Waals surface area (Å²) in [5, 5.41) is 8.62. The second kappa shape index (κ2) is 6.54. The molecule has 0 saturated heterocycles. The summed E-state index contributed by atoms with van der Waals surface area (Å²) < 4.78 is 38.2. The smallest absolute Gasteiger partial charge is 0.303 e. The molecule has 0 radical (unpaired) electrons. The molecule has 4 nitrogen and oxygen atoms in total. The highest BCUT2D eigenvalue weighted by molar-refractivity contribution is 5.66. The van der Waals surface area contributed by atoms with Gasteiger partial charge in [0, 0.05) is 18.4 Å². The molecule has 1 rings (SSSR count). The molecule has 1 aromatic carbocycles. The number of methoxy groups -OCH3 is 2. The first-order valence-corrected chi connectivity index (χ1v) is 6.12. The van der Waals surface area contributed by atoms with Gasteiger partial charge in [-0.3, -0.25) is 4.79 Å². The molecule has 0 amide bonds. The number of benzene rings is 1. The molecular formula is C14H18F2O4. The number of halogens is 2. The normalized spacial score (nSPS) is 12.8. The van der Waals surface area contributed by atoms with Crippen molar-refractivity contribution in [2.75, 3.05) is 14.2 Å². The first-order valence-electron chi connectivity index (χ1n) is 6.12. The summed E-state index contributed by atoms with van der Waals surface area (Å²) in [6, 6.07) is 3.88. The van der Waals surface area contributed by atoms with Crippen molar-refractivity contribution in [2.24, 2.45) is 5.92 Å². The topological polar surface area (TPSA) is 55.8 Å². The van der Waals surface area contributed by atoms with E-state index >= 15 is 0 Å². The van der Waals surface area contributed by atoms with Gasteiger partial charge in [0.15, 0.2) is 11.5 Å². The lowest BCUT2D eigenvalue weighted by atomic mass is 9.94. The molecule has 0 spiro atoms. The fourth-order valence-corrected chi connectivity index (χ4v) is 1.99. The second-order valence-electron chi connectivity index (χ2n) is 4.68. The van der Waals surface area contributed by atoms with Crippen LogP contribution < -0.4 is 9.47 Å². The third-order valence-corrected chi connectivity index (χ3v) is 2.93. The first-order chi connectivity index (χ1) is 9.30. The predicted octanol–water partition coefficient (Wildman–Crippen LogP) is 3.30. The maximum absolute atomic E-state index is 14.1. The van der Waals surface area contributed by atoms with E-state index in [1.54, 1.807) is 0 Å². The Bertz CT molecular complexity index is 474. The molecule has 6 heteroatoms. The van der Waals surface area contributed by atoms with Crippen molar-refractivity contribution in [1.29, 1.82) is 0 Å². The monoisotopic (exact) mass is 288 g/mol. The summed E-state index contributed by atoms with van der Waals surface area (Å²) >= 11 is 0. The largest absolute Gasteiger partial charge is 0.493 e. The van der Waals surface area contributed by atoms with Crippen molar-refractivity contribution in [3.63, 3.8) is 0 Å². The number of ether oxygens (including phenoxy) is 2. The van der Waals surface area contributed by atoms with Gasteiger partial charge in [-0.1, -0.05) is 6.92 Å². The molecule has 0 bridgehead atoms. The minimum absolute atomic E-state index is 0.215. The highest BCUT2D eigenvalue weighted by atomic mass is 19.3. The van der Waals surface area contributed by atoms with E-state index in [2.05, 4.69) is 0 Å². The minimum Gasteiger partial charge on any atom is -0.493 e. The molecule has 0 fully saturated rings. The van der Waals surface area contributed by atoms with E-state index in [0.29, 0.717) is 5.75 Å². The van der Waals surface area contributed by atoms with E-state index in [1.807, 2.05) is 0 Å². The zero-order valence-electron chi connectivity index (χ0n) is 11.7. The fourth-order valence-electron chi connectivity index (χ4n) is 1.99. The van der Waals surface area contributed by atoms with Crippen LogP contribution in [0.1, 0.15) is 25.3 Å². The summed E-state index contributed by atoms with van der Waals surface area (Å²) in [6.07, 6.45) is -0.822. The Balaban J connectivity index is 2.94. The van der Waals surface area contributed by atoms with E-state index in [1.165, 1.54) is 39.3 Å². The van der Waals surface area contributed by atoms with Gasteiger partial charge in [-0.15, -0.1) is 0 Å². The van der Waals surface area contributed by atoms with Crippen molar-refractivity contribution in [1.82, 2.24) is 0 Å². The molecule has 0 aliphatic heterocycles. The van der Waals surface area contributed by atoms with E-state index in [9.17, 15) is 13.6 Å². The van der Waals surface area contributed by atoms with Crippen LogP contribution >= 0.6 is 0 Å². The summed E-state index contributed by atoms with van der Waals surface area (Å²) in [7, 11) is 2.79. The minimum atomic E-state index is -3.12. The van der Waals surface area contributed by atoms with Crippen LogP contribution in [0.25, 0.3) is 0 Å². The van der Waals surface area contributed by atoms with E-state index in [0.717, 1.165) is 0 Å². The number of carbonyl (C=O) groups is 1. The third-order valence-electron chi connectivity index (χ3n) is 2.93. The van der Waals surface area contributed by atoms with E-state index in [4.69, 9.17) is 14.6 Å². The van der Waals surface area contributed by atoms with Crippen molar-refractivity contribution >= 4 is 5.97 Å². The Morgan fingerprint density at radius 1 is 1.30 bits per heavy atom. The van der Waals surface area contributed by atoms with Gasteiger partial charge in [-0.2, -0.15) is 0 Å². The van der Waals surface area contributed by atoms with Crippen LogP contribution in [0, 0.1) is 5.92 Å². The lowest BCUT2D eigenvalue weighted by Crippen LogP contribution is -2.19. The number of hydrogen-bond acceptors (Lipinski definition) is 3. The number of aliphatic carboxylic acids is 1. The van der Waals surface area contributed by atoms with Gasteiger partial charge in [0.25, 0.3) is 5.92 Å². The molecule has 112 valence electrons. The molecule has 1 unspecified atom stereocenters. The Kier molecular flexibility index (Phi) is 5.30. The van der Waals surface area contributed by atoms with Crippen molar-refractivity contribution in [3.8, 4) is 11.5 Å². The molecule has 20 heavy (non-hydrogen) atoms. The Labute approximate surface area is 116 Å². The van der Waals surface area contributed by atoms with E-state index < -0.39 is 24.2 Å². The van der Waals surface area contributed by atoms with Crippen LogP contribution in [-0.4, -0.2) is 25.3 Å². The average molecular weight is 288 g/mol. The molecule has 0 saturated carbocycles. The van der Waals surface area contributed by atoms with Gasteiger partial charge in [-0.25, -0.2) is 8.78 Å². The van der Waals surface area contributed by atoms with Crippen molar-refractivity contribution < 1.29 is 28.2 Å². The number of hydrogen-bond donors (Lipinski definition) is 1. The number of carboxylic acid groups (broad SMARTS) is 1. The quantitative estimate of drug-likeness (QED) is 0.836. The molecule has 0 aliphatic carbocycles. The standard InChI is InChI=1S/C14H18F2O4/c1-9(6-13(17)18)8-14(15,16)10-4-5-11(19-2)12(7-10)20-3/h4-5,7,9H,6,8H2,1-3H3,(H,17,18). The van der Waals surface area contributed by atoms with Crippen molar-refractivity contribution in [2.45, 2.75) is 25.7 Å². The lowest BCUT2D eigenvalue weighted by molar-refractivity contribution is -0.138. The average Bonchev–Trinajstić information content (AvgIpc) is 2.36. The van der Waals surface area contributed by atoms with Crippen LogP contribution in [0.2, 0.25) is 0 Å². The number of rotatable bonds is 7. The number of alkyl halides is 2. The molecule has 1 N–H and O–H groups in total. The zero-order chi connectivity index (χ0) is 15.3. The van der Waals surface area contributed by atoms with Gasteiger partial charge in [0.05, 0.1) is 14.2 Å². The summed E-state index contributed by atoms with van der Waals surface area (Å²) in [6.45, 7) is 1.49. The lowest BCUT2D eigenvalue weighted by Gasteiger charge is -2.21. The fraction of sp³-hybridized carbons (Fsp3) is 0.500. The summed E-state index contributed by atoms with van der Waals surface area (Å²) in [5.41, 5.74) is -0.215. The van der Waals surface area contributed by atoms with Crippen molar-refractivity contribution in [3.05, 3.63) is 23.8 Å². The van der Waals surface area contributed by atoms with Crippen LogP contribution in [0.5, 0.6) is 11.5 Å². The maximum Gasteiger partial charge on any atom is 0.303 e. The van der Waals surface area contributed by atoms with Gasteiger partial charge >= 0.3 is 5.97 Å². The van der Waals surface area contributed by atoms with Gasteiger partial charge in [-0.05, 0) is 24.1 Å². The summed E-state index contributed by atoms with van der Waals surface area (Å²) in [4.78, 5) is 10.5. The highest BCUT2D eigenvalue weighted by Gasteiger charge is 2.34. The zero-order valence-corrected chi connectivity index (χ0v) is 11.7. The number of carboxylic acids is 1. The van der Waals surface area contributed by atoms with E-state index in [-0.39, 0.29) is 17.7 Å². The molecule has 0 aliphatic rings. The highest BCUT2D eigenvalue weighted by Crippen LogP contribution is 2.39. The SMILES string of the molecule is COc1ccc(C(F)(F)CC(C)CC(=O)O)cc1OC. The molecule has 0 heterocycles. The Morgan fingerprint density at radius 3 is 2.40 bits per heavy atom. The third kappa shape index (κ3) is 4.08. The molecule has 0 aromatic heterocycles. The Hall–Kier alpha value is -1.85. The maximum atomic E-state index is 14.1. The van der Waals surface area contributed by atoms with Crippen LogP contribution in [0.15, 0.2) is 18.2 Å². The first kappa shape index (κ1) is 16.2. The molecular weight excluding hydrogens is 270 g/mol. The second-order valence-corrected chi connectivity index (χ2v) is 4.68. The Morgan fingerprint density at radius 2 is 1.90 bits per heavy atom. The molecule has 1 atom stereocenters. The predicted molar refractivity (Wildman–Crippen MR) is 69.5 cm³/mol. The van der Waals surface area contributed by atoms with Crippen LogP contribution in [0.3, 0.4) is 0 Å². The van der Waals surface area contributed by atoms with Gasteiger partial charge < -0.3 is 14.6 Å². The van der Waals surface area contributed by atoms with Gasteiger partial charge in [0.1, 0.15) is 0 Å². The summed E-state index contributed by atoms with van der Waals surface area (Å²) in [5.74, 6) is -4.24. The molecule has 1 aromatic rings. The van der Waals surface area contributed by atoms with Crippen LogP contribution in [-0.2, 0) is 10.7 Å². The van der Waals surface area contributed by atoms with Crippen LogP contribution in [0.4, 0.5) is 8.78 Å².